The van der Waals surface area contributed by atoms with Crippen LogP contribution < -0.4 is 14.2 Å². The Morgan fingerprint density at radius 2 is 1.68 bits per heavy atom. The van der Waals surface area contributed by atoms with E-state index in [-0.39, 0.29) is 36.2 Å². The number of carbonyl (C=O) groups excluding carboxylic acids is 2. The van der Waals surface area contributed by atoms with Crippen LogP contribution in [-0.4, -0.2) is 40.7 Å². The number of amides is 2. The number of nitro groups is 1. The molecule has 1 saturated heterocycles. The standard InChI is InChI=1S/C28H23F3N2O7S/c1-3-38-24-14-18(6-10-23(24)40-22-11-7-19(28(29,30)31)16-21(22)33(36)37)15-25-26(34)32(27(35)41-25)12-13-39-20-8-4-17(2)5-9-20/h4-11,14-16H,3,12-13H2,1-2H3/b25-15-. The van der Waals surface area contributed by atoms with Crippen molar-refractivity contribution in [1.82, 2.24) is 4.90 Å². The van der Waals surface area contributed by atoms with Gasteiger partial charge in [0.15, 0.2) is 11.5 Å². The molecular weight excluding hydrogens is 565 g/mol. The number of alkyl halides is 3. The maximum atomic E-state index is 13.0. The quantitative estimate of drug-likeness (QED) is 0.139. The van der Waals surface area contributed by atoms with Gasteiger partial charge < -0.3 is 14.2 Å². The Hall–Kier alpha value is -4.52. The normalized spacial score (nSPS) is 14.5. The maximum Gasteiger partial charge on any atom is 0.416 e. The van der Waals surface area contributed by atoms with E-state index in [1.807, 2.05) is 19.1 Å². The van der Waals surface area contributed by atoms with Gasteiger partial charge in [-0.15, -0.1) is 0 Å². The molecule has 0 aliphatic carbocycles. The Morgan fingerprint density at radius 3 is 2.34 bits per heavy atom. The highest BCUT2D eigenvalue weighted by Gasteiger charge is 2.35. The third kappa shape index (κ3) is 7.17. The second-order valence-electron chi connectivity index (χ2n) is 8.67. The number of halogens is 3. The van der Waals surface area contributed by atoms with Gasteiger partial charge in [0.2, 0.25) is 5.75 Å². The van der Waals surface area contributed by atoms with Gasteiger partial charge in [-0.2, -0.15) is 13.2 Å². The van der Waals surface area contributed by atoms with Gasteiger partial charge in [-0.3, -0.25) is 24.6 Å². The molecule has 1 fully saturated rings. The van der Waals surface area contributed by atoms with Crippen molar-refractivity contribution in [3.8, 4) is 23.0 Å². The average molecular weight is 589 g/mol. The van der Waals surface area contributed by atoms with E-state index in [0.717, 1.165) is 28.3 Å². The van der Waals surface area contributed by atoms with Gasteiger partial charge in [-0.05, 0) is 73.6 Å². The first-order valence-corrected chi connectivity index (χ1v) is 13.0. The van der Waals surface area contributed by atoms with E-state index in [2.05, 4.69) is 0 Å². The predicted octanol–water partition coefficient (Wildman–Crippen LogP) is 7.23. The summed E-state index contributed by atoms with van der Waals surface area (Å²) in [4.78, 5) is 37.1. The largest absolute Gasteiger partial charge is 0.492 e. The smallest absolute Gasteiger partial charge is 0.416 e. The summed E-state index contributed by atoms with van der Waals surface area (Å²) in [5.74, 6) is -0.156. The van der Waals surface area contributed by atoms with Gasteiger partial charge in [-0.25, -0.2) is 0 Å². The third-order valence-corrected chi connectivity index (χ3v) is 6.65. The first-order valence-electron chi connectivity index (χ1n) is 12.2. The highest BCUT2D eigenvalue weighted by atomic mass is 32.2. The highest BCUT2D eigenvalue weighted by Crippen LogP contribution is 2.41. The molecule has 0 N–H and O–H groups in total. The van der Waals surface area contributed by atoms with Crippen LogP contribution in [0.3, 0.4) is 0 Å². The molecule has 0 aromatic heterocycles. The topological polar surface area (TPSA) is 108 Å². The van der Waals surface area contributed by atoms with Crippen molar-refractivity contribution in [3.63, 3.8) is 0 Å². The maximum absolute atomic E-state index is 13.0. The molecule has 1 aliphatic rings. The minimum absolute atomic E-state index is 0.00761. The van der Waals surface area contributed by atoms with Crippen LogP contribution >= 0.6 is 11.8 Å². The molecule has 41 heavy (non-hydrogen) atoms. The summed E-state index contributed by atoms with van der Waals surface area (Å²) in [5.41, 5.74) is -0.524. The van der Waals surface area contributed by atoms with Crippen molar-refractivity contribution in [1.29, 1.82) is 0 Å². The second-order valence-corrected chi connectivity index (χ2v) is 9.67. The molecule has 4 rings (SSSR count). The van der Waals surface area contributed by atoms with Crippen LogP contribution in [-0.2, 0) is 11.0 Å². The fourth-order valence-corrected chi connectivity index (χ4v) is 4.61. The van der Waals surface area contributed by atoms with Crippen LogP contribution in [0.5, 0.6) is 23.0 Å². The van der Waals surface area contributed by atoms with Crippen LogP contribution in [0.1, 0.15) is 23.6 Å². The minimum Gasteiger partial charge on any atom is -0.492 e. The van der Waals surface area contributed by atoms with Gasteiger partial charge in [0.25, 0.3) is 11.1 Å². The number of ether oxygens (including phenoxy) is 3. The number of imide groups is 1. The van der Waals surface area contributed by atoms with E-state index in [1.165, 1.54) is 24.3 Å². The third-order valence-electron chi connectivity index (χ3n) is 5.75. The molecule has 2 amide bonds. The molecule has 0 unspecified atom stereocenters. The van der Waals surface area contributed by atoms with Gasteiger partial charge in [0, 0.05) is 6.07 Å². The molecule has 13 heteroatoms. The first-order chi connectivity index (χ1) is 19.5. The SMILES string of the molecule is CCOc1cc(/C=C2\SC(=O)N(CCOc3ccc(C)cc3)C2=O)ccc1Oc1ccc(C(F)(F)F)cc1[N+](=O)[O-]. The Morgan fingerprint density at radius 1 is 0.976 bits per heavy atom. The Kier molecular flexibility index (Phi) is 8.86. The van der Waals surface area contributed by atoms with Gasteiger partial charge in [-0.1, -0.05) is 23.8 Å². The van der Waals surface area contributed by atoms with Crippen molar-refractivity contribution < 1.29 is 41.9 Å². The number of hydrogen-bond donors (Lipinski definition) is 0. The van der Waals surface area contributed by atoms with Crippen LogP contribution in [0.15, 0.2) is 65.6 Å². The van der Waals surface area contributed by atoms with E-state index in [0.29, 0.717) is 23.4 Å². The average Bonchev–Trinajstić information content (AvgIpc) is 3.18. The summed E-state index contributed by atoms with van der Waals surface area (Å²) < 4.78 is 55.9. The summed E-state index contributed by atoms with van der Waals surface area (Å²) in [5, 5.41) is 11.0. The van der Waals surface area contributed by atoms with Crippen molar-refractivity contribution >= 4 is 34.7 Å². The Labute approximate surface area is 236 Å². The number of aryl methyl sites for hydroxylation is 1. The van der Waals surface area contributed by atoms with E-state index in [1.54, 1.807) is 19.1 Å². The van der Waals surface area contributed by atoms with E-state index in [9.17, 15) is 32.9 Å². The number of nitrogens with zero attached hydrogens (tertiary/aromatic N) is 2. The van der Waals surface area contributed by atoms with E-state index in [4.69, 9.17) is 14.2 Å². The zero-order valence-corrected chi connectivity index (χ0v) is 22.6. The second kappa shape index (κ2) is 12.3. The lowest BCUT2D eigenvalue weighted by molar-refractivity contribution is -0.385. The summed E-state index contributed by atoms with van der Waals surface area (Å²) >= 11 is 0.763. The number of nitro benzene ring substituents is 1. The summed E-state index contributed by atoms with van der Waals surface area (Å²) in [6.07, 6.45) is -3.28. The molecule has 3 aromatic rings. The lowest BCUT2D eigenvalue weighted by Crippen LogP contribution is -2.32. The molecular formula is C28H23F3N2O7S. The monoisotopic (exact) mass is 588 g/mol. The minimum atomic E-state index is -4.77. The number of thioether (sulfide) groups is 1. The summed E-state index contributed by atoms with van der Waals surface area (Å²) in [6.45, 7) is 3.97. The van der Waals surface area contributed by atoms with E-state index >= 15 is 0 Å². The van der Waals surface area contributed by atoms with Gasteiger partial charge in [0.05, 0.1) is 28.5 Å². The van der Waals surface area contributed by atoms with Gasteiger partial charge >= 0.3 is 11.9 Å². The van der Waals surface area contributed by atoms with Crippen LogP contribution in [0.2, 0.25) is 0 Å². The Bertz CT molecular complexity index is 1510. The molecule has 214 valence electrons. The van der Waals surface area contributed by atoms with Crippen molar-refractivity contribution in [2.75, 3.05) is 19.8 Å². The number of rotatable bonds is 10. The fourth-order valence-electron chi connectivity index (χ4n) is 3.74. The molecule has 0 atom stereocenters. The highest BCUT2D eigenvalue weighted by molar-refractivity contribution is 8.18. The first kappa shape index (κ1) is 29.5. The van der Waals surface area contributed by atoms with Gasteiger partial charge in [0.1, 0.15) is 12.4 Å². The number of benzene rings is 3. The fraction of sp³-hybridized carbons (Fsp3) is 0.214. The molecule has 0 spiro atoms. The zero-order valence-electron chi connectivity index (χ0n) is 21.8. The molecule has 1 heterocycles. The summed E-state index contributed by atoms with van der Waals surface area (Å²) in [6, 6.07) is 13.7. The molecule has 0 radical (unpaired) electrons. The lowest BCUT2D eigenvalue weighted by Gasteiger charge is -2.14. The van der Waals surface area contributed by atoms with Crippen molar-refractivity contribution in [2.24, 2.45) is 0 Å². The lowest BCUT2D eigenvalue weighted by atomic mass is 10.1. The molecule has 0 bridgehead atoms. The zero-order chi connectivity index (χ0) is 29.7. The van der Waals surface area contributed by atoms with Crippen molar-refractivity contribution in [2.45, 2.75) is 20.0 Å². The van der Waals surface area contributed by atoms with Crippen LogP contribution in [0.25, 0.3) is 6.08 Å². The molecule has 9 nitrogen and oxygen atoms in total. The number of carbonyl (C=O) groups is 2. The van der Waals surface area contributed by atoms with Crippen molar-refractivity contribution in [3.05, 3.63) is 92.4 Å². The summed E-state index contributed by atoms with van der Waals surface area (Å²) in [7, 11) is 0. The predicted molar refractivity (Wildman–Crippen MR) is 145 cm³/mol. The Balaban J connectivity index is 1.51. The van der Waals surface area contributed by atoms with Crippen LogP contribution in [0.4, 0.5) is 23.7 Å². The van der Waals surface area contributed by atoms with E-state index < -0.39 is 39.2 Å². The molecule has 1 aliphatic heterocycles. The van der Waals surface area contributed by atoms with Crippen LogP contribution in [0, 0.1) is 17.0 Å². The molecule has 3 aromatic carbocycles. The molecule has 0 saturated carbocycles. The number of hydrogen-bond acceptors (Lipinski definition) is 8.